The fourth-order valence-corrected chi connectivity index (χ4v) is 3.28. The number of hydrogen-bond donors (Lipinski definition) is 0. The molecule has 0 saturated heterocycles. The maximum Gasteiger partial charge on any atom is 0.306 e. The first-order valence-corrected chi connectivity index (χ1v) is 8.70. The number of carbonyl (C=O) groups excluding carboxylic acids is 1. The Morgan fingerprint density at radius 1 is 1.12 bits per heavy atom. The summed E-state index contributed by atoms with van der Waals surface area (Å²) in [5.41, 5.74) is 3.24. The molecule has 0 bridgehead atoms. The monoisotopic (exact) mass is 340 g/mol. The Labute approximate surface area is 145 Å². The highest BCUT2D eigenvalue weighted by Crippen LogP contribution is 2.22. The molecule has 3 aromatic rings. The number of anilines is 1. The van der Waals surface area contributed by atoms with Crippen LogP contribution < -0.4 is 4.90 Å². The fourth-order valence-electron chi connectivity index (χ4n) is 2.40. The van der Waals surface area contributed by atoms with Crippen LogP contribution in [0.2, 0.25) is 0 Å². The molecule has 0 amide bonds. The molecule has 124 valence electrons. The van der Waals surface area contributed by atoms with Crippen molar-refractivity contribution in [3.8, 4) is 0 Å². The van der Waals surface area contributed by atoms with Crippen LogP contribution in [-0.4, -0.2) is 25.0 Å². The number of hydrogen-bond acceptors (Lipinski definition) is 5. The second-order valence-electron chi connectivity index (χ2n) is 5.80. The van der Waals surface area contributed by atoms with E-state index in [1.807, 2.05) is 38.4 Å². The van der Waals surface area contributed by atoms with Crippen molar-refractivity contribution >= 4 is 33.2 Å². The molecule has 0 fully saturated rings. The van der Waals surface area contributed by atoms with E-state index in [0.717, 1.165) is 26.5 Å². The number of para-hydroxylation sites is 1. The van der Waals surface area contributed by atoms with Gasteiger partial charge in [-0.25, -0.2) is 4.98 Å². The Morgan fingerprint density at radius 3 is 2.58 bits per heavy atom. The van der Waals surface area contributed by atoms with E-state index >= 15 is 0 Å². The molecule has 0 aliphatic heterocycles. The SMILES string of the molecule is CN(C)c1ccc(CCC(=O)OCc2nc3ccccc3s2)cc1. The average Bonchev–Trinajstić information content (AvgIpc) is 3.01. The second-order valence-corrected chi connectivity index (χ2v) is 6.91. The summed E-state index contributed by atoms with van der Waals surface area (Å²) in [4.78, 5) is 18.4. The normalized spacial score (nSPS) is 10.8. The van der Waals surface area contributed by atoms with Gasteiger partial charge < -0.3 is 9.64 Å². The first-order valence-electron chi connectivity index (χ1n) is 7.88. The third-order valence-corrected chi connectivity index (χ3v) is 4.78. The van der Waals surface area contributed by atoms with Gasteiger partial charge in [0.15, 0.2) is 0 Å². The Balaban J connectivity index is 1.48. The van der Waals surface area contributed by atoms with Crippen LogP contribution in [0.15, 0.2) is 48.5 Å². The molecule has 24 heavy (non-hydrogen) atoms. The molecule has 2 aromatic carbocycles. The predicted molar refractivity (Wildman–Crippen MR) is 98.5 cm³/mol. The summed E-state index contributed by atoms with van der Waals surface area (Å²) >= 11 is 1.57. The van der Waals surface area contributed by atoms with E-state index in [1.54, 1.807) is 11.3 Å². The third-order valence-electron chi connectivity index (χ3n) is 3.77. The number of ether oxygens (including phenoxy) is 1. The van der Waals surface area contributed by atoms with Crippen molar-refractivity contribution in [2.45, 2.75) is 19.4 Å². The lowest BCUT2D eigenvalue weighted by atomic mass is 10.1. The van der Waals surface area contributed by atoms with E-state index in [0.29, 0.717) is 12.8 Å². The van der Waals surface area contributed by atoms with E-state index in [-0.39, 0.29) is 12.6 Å². The van der Waals surface area contributed by atoms with Crippen LogP contribution in [0.1, 0.15) is 17.0 Å². The number of aryl methyl sites for hydroxylation is 1. The predicted octanol–water partition coefficient (Wildman–Crippen LogP) is 4.04. The van der Waals surface area contributed by atoms with Crippen LogP contribution in [0.25, 0.3) is 10.2 Å². The van der Waals surface area contributed by atoms with Crippen molar-refractivity contribution in [2.75, 3.05) is 19.0 Å². The zero-order valence-electron chi connectivity index (χ0n) is 13.9. The van der Waals surface area contributed by atoms with Gasteiger partial charge >= 0.3 is 5.97 Å². The first kappa shape index (κ1) is 16.5. The van der Waals surface area contributed by atoms with Crippen molar-refractivity contribution in [1.82, 2.24) is 4.98 Å². The van der Waals surface area contributed by atoms with Gasteiger partial charge in [0.05, 0.1) is 10.2 Å². The van der Waals surface area contributed by atoms with Crippen LogP contribution in [0.4, 0.5) is 5.69 Å². The number of nitrogens with zero attached hydrogens (tertiary/aromatic N) is 2. The van der Waals surface area contributed by atoms with Crippen LogP contribution in [0.3, 0.4) is 0 Å². The van der Waals surface area contributed by atoms with Crippen molar-refractivity contribution in [3.05, 3.63) is 59.1 Å². The summed E-state index contributed by atoms with van der Waals surface area (Å²) in [5, 5.41) is 0.833. The molecular weight excluding hydrogens is 320 g/mol. The van der Waals surface area contributed by atoms with Crippen molar-refractivity contribution in [1.29, 1.82) is 0 Å². The van der Waals surface area contributed by atoms with Crippen LogP contribution in [0, 0.1) is 0 Å². The van der Waals surface area contributed by atoms with Gasteiger partial charge in [0.25, 0.3) is 0 Å². The fraction of sp³-hybridized carbons (Fsp3) is 0.263. The molecular formula is C19H20N2O2S. The Morgan fingerprint density at radius 2 is 1.88 bits per heavy atom. The van der Waals surface area contributed by atoms with Crippen molar-refractivity contribution in [3.63, 3.8) is 0 Å². The number of esters is 1. The van der Waals surface area contributed by atoms with E-state index < -0.39 is 0 Å². The summed E-state index contributed by atoms with van der Waals surface area (Å²) in [6, 6.07) is 16.2. The molecule has 0 aliphatic carbocycles. The van der Waals surface area contributed by atoms with Gasteiger partial charge in [-0.1, -0.05) is 24.3 Å². The van der Waals surface area contributed by atoms with E-state index in [1.165, 1.54) is 0 Å². The van der Waals surface area contributed by atoms with Gasteiger partial charge in [0.1, 0.15) is 11.6 Å². The average molecular weight is 340 g/mol. The van der Waals surface area contributed by atoms with E-state index in [2.05, 4.69) is 34.1 Å². The number of fused-ring (bicyclic) bond motifs is 1. The van der Waals surface area contributed by atoms with Gasteiger partial charge in [0, 0.05) is 26.2 Å². The number of carbonyl (C=O) groups is 1. The van der Waals surface area contributed by atoms with Gasteiger partial charge in [-0.05, 0) is 36.2 Å². The molecule has 3 rings (SSSR count). The number of thiazole rings is 1. The van der Waals surface area contributed by atoms with Crippen LogP contribution in [0.5, 0.6) is 0 Å². The molecule has 0 saturated carbocycles. The summed E-state index contributed by atoms with van der Waals surface area (Å²) in [7, 11) is 4.02. The van der Waals surface area contributed by atoms with Gasteiger partial charge in [0.2, 0.25) is 0 Å². The van der Waals surface area contributed by atoms with Crippen molar-refractivity contribution in [2.24, 2.45) is 0 Å². The smallest absolute Gasteiger partial charge is 0.306 e. The Bertz CT molecular complexity index is 792. The van der Waals surface area contributed by atoms with Gasteiger partial charge in [-0.3, -0.25) is 4.79 Å². The van der Waals surface area contributed by atoms with E-state index in [4.69, 9.17) is 4.74 Å². The van der Waals surface area contributed by atoms with Crippen LogP contribution >= 0.6 is 11.3 Å². The molecule has 0 radical (unpaired) electrons. The summed E-state index contributed by atoms with van der Waals surface area (Å²) in [6.45, 7) is 0.248. The molecule has 4 nitrogen and oxygen atoms in total. The lowest BCUT2D eigenvalue weighted by molar-refractivity contribution is -0.144. The Kier molecular flexibility index (Phi) is 5.11. The first-order chi connectivity index (χ1) is 11.6. The topological polar surface area (TPSA) is 42.4 Å². The Hall–Kier alpha value is -2.40. The molecule has 0 spiro atoms. The second kappa shape index (κ2) is 7.45. The highest BCUT2D eigenvalue weighted by Gasteiger charge is 2.08. The quantitative estimate of drug-likeness (QED) is 0.635. The van der Waals surface area contributed by atoms with Gasteiger partial charge in [-0.15, -0.1) is 11.3 Å². The maximum absolute atomic E-state index is 11.9. The number of rotatable bonds is 6. The number of aromatic nitrogens is 1. The molecule has 0 atom stereocenters. The van der Waals surface area contributed by atoms with E-state index in [9.17, 15) is 4.79 Å². The maximum atomic E-state index is 11.9. The van der Waals surface area contributed by atoms with Crippen LogP contribution in [-0.2, 0) is 22.6 Å². The molecule has 1 aromatic heterocycles. The highest BCUT2D eigenvalue weighted by atomic mass is 32.1. The molecule has 0 unspecified atom stereocenters. The molecule has 0 N–H and O–H groups in total. The minimum atomic E-state index is -0.189. The standard InChI is InChI=1S/C19H20N2O2S/c1-21(2)15-10-7-14(8-11-15)9-12-19(22)23-13-18-20-16-5-3-4-6-17(16)24-18/h3-8,10-11H,9,12-13H2,1-2H3. The molecule has 0 aliphatic rings. The number of benzene rings is 2. The van der Waals surface area contributed by atoms with Gasteiger partial charge in [-0.2, -0.15) is 0 Å². The zero-order valence-corrected chi connectivity index (χ0v) is 14.7. The summed E-state index contributed by atoms with van der Waals surface area (Å²) in [6.07, 6.45) is 1.07. The molecule has 5 heteroatoms. The molecule has 1 heterocycles. The zero-order chi connectivity index (χ0) is 16.9. The highest BCUT2D eigenvalue weighted by molar-refractivity contribution is 7.18. The summed E-state index contributed by atoms with van der Waals surface area (Å²) in [5.74, 6) is -0.189. The summed E-state index contributed by atoms with van der Waals surface area (Å²) < 4.78 is 6.46. The lowest BCUT2D eigenvalue weighted by Crippen LogP contribution is -2.08. The largest absolute Gasteiger partial charge is 0.458 e. The lowest BCUT2D eigenvalue weighted by Gasteiger charge is -2.12. The van der Waals surface area contributed by atoms with Crippen molar-refractivity contribution < 1.29 is 9.53 Å². The third kappa shape index (κ3) is 4.11. The minimum Gasteiger partial charge on any atom is -0.458 e. The minimum absolute atomic E-state index is 0.189.